The third-order valence-corrected chi connectivity index (χ3v) is 12.8. The Labute approximate surface area is 353 Å². The van der Waals surface area contributed by atoms with Crippen LogP contribution in [0.2, 0.25) is 0 Å². The molecule has 61 heavy (non-hydrogen) atoms. The van der Waals surface area contributed by atoms with E-state index in [2.05, 4.69) is 81.4 Å². The van der Waals surface area contributed by atoms with Crippen molar-refractivity contribution >= 4 is 22.6 Å². The van der Waals surface area contributed by atoms with Crippen molar-refractivity contribution in [3.63, 3.8) is 0 Å². The number of hydrogen-bond acceptors (Lipinski definition) is 4. The van der Waals surface area contributed by atoms with Gasteiger partial charge in [-0.3, -0.25) is 4.79 Å². The van der Waals surface area contributed by atoms with E-state index in [1.807, 2.05) is 45.0 Å². The minimum absolute atomic E-state index is 0.0671. The topological polar surface area (TPSA) is 52.6 Å². The number of hydrogen-bond donors (Lipinski definition) is 0. The molecule has 6 rings (SSSR count). The third kappa shape index (κ3) is 12.5. The van der Waals surface area contributed by atoms with Crippen molar-refractivity contribution < 1.29 is 63.0 Å². The first-order chi connectivity index (χ1) is 28.1. The summed E-state index contributed by atoms with van der Waals surface area (Å²) in [5.41, 5.74) is -0.152. The van der Waals surface area contributed by atoms with Crippen LogP contribution in [0.15, 0.2) is 130 Å². The Morgan fingerprint density at radius 2 is 1.13 bits per heavy atom. The normalized spacial score (nSPS) is 18.5. The summed E-state index contributed by atoms with van der Waals surface area (Å²) < 4.78 is 128. The van der Waals surface area contributed by atoms with E-state index in [1.54, 1.807) is 18.2 Å². The number of Topliss-reactive ketones (excluding diaryl/α,β-unsaturated/α-hetero) is 1. The van der Waals surface area contributed by atoms with Crippen molar-refractivity contribution in [2.24, 2.45) is 16.7 Å². The maximum Gasteiger partial charge on any atom is 0.460 e. The van der Waals surface area contributed by atoms with Gasteiger partial charge in [-0.05, 0) is 112 Å². The van der Waals surface area contributed by atoms with Crippen LogP contribution in [0.1, 0.15) is 74.1 Å². The quantitative estimate of drug-likeness (QED) is 0.0954. The lowest BCUT2D eigenvalue weighted by Crippen LogP contribution is -2.59. The number of rotatable bonds is 9. The SMILES string of the molecule is CC(C)(C)OC(=O)COc1ccc([S+](c2ccccc2)c2ccccc2)cc1.CC(F)(F)C(F)(F)C(F)(F)C(F)(F)F.CCC12CCC(CC1=O)C2(C)C.Fc1ccccc1. The number of benzene rings is 4. The first-order valence-corrected chi connectivity index (χ1v) is 20.6. The van der Waals surface area contributed by atoms with Gasteiger partial charge in [-0.25, -0.2) is 9.18 Å². The average Bonchev–Trinajstić information content (AvgIpc) is 3.54. The number of carbonyl (C=O) groups excluding carboxylic acids is 2. The summed E-state index contributed by atoms with van der Waals surface area (Å²) in [7, 11) is -0.196. The highest BCUT2D eigenvalue weighted by atomic mass is 32.2. The van der Waals surface area contributed by atoms with Crippen LogP contribution in [0.5, 0.6) is 5.75 Å². The summed E-state index contributed by atoms with van der Waals surface area (Å²) in [5, 5.41) is 0. The standard InChI is InChI=1S/C24H25O3S.C11H18O.C6H5F.C5H3F9/c1-24(2,3)27-23(25)18-26-19-14-16-22(17-15-19)28(20-10-6-4-7-11-20)21-12-8-5-9-13-21;1-4-11-6-5-8(7-9(11)12)10(11,2)3;7-6-4-2-1-3-5-6;1-2(6,7)3(8,9)4(10,11)5(12,13)14/h4-17H,18H2,1-3H3;8H,4-7H2,1-3H3;1-5H;1H3/q+1;;;. The molecule has 15 heteroatoms. The van der Waals surface area contributed by atoms with Gasteiger partial charge >= 0.3 is 29.9 Å². The summed E-state index contributed by atoms with van der Waals surface area (Å²) in [5.74, 6) is -17.4. The highest BCUT2D eigenvalue weighted by Crippen LogP contribution is 2.65. The Morgan fingerprint density at radius 1 is 0.689 bits per heavy atom. The summed E-state index contributed by atoms with van der Waals surface area (Å²) in [6.07, 6.45) is -2.38. The maximum atomic E-state index is 12.0. The van der Waals surface area contributed by atoms with E-state index < -0.39 is 36.5 Å². The fourth-order valence-corrected chi connectivity index (χ4v) is 9.26. The van der Waals surface area contributed by atoms with E-state index in [0.717, 1.165) is 19.3 Å². The van der Waals surface area contributed by atoms with Crippen molar-refractivity contribution in [3.8, 4) is 5.75 Å². The molecule has 0 aliphatic heterocycles. The molecular formula is C46H51F10O4S+. The molecule has 2 atom stereocenters. The molecule has 0 spiro atoms. The van der Waals surface area contributed by atoms with Gasteiger partial charge < -0.3 is 9.47 Å². The zero-order chi connectivity index (χ0) is 46.1. The lowest BCUT2D eigenvalue weighted by Gasteiger charge is -2.35. The van der Waals surface area contributed by atoms with E-state index in [0.29, 0.717) is 22.9 Å². The second-order valence-corrected chi connectivity index (χ2v) is 18.2. The van der Waals surface area contributed by atoms with E-state index in [1.165, 1.54) is 33.2 Å². The zero-order valence-electron chi connectivity index (χ0n) is 34.9. The predicted octanol–water partition coefficient (Wildman–Crippen LogP) is 13.6. The molecule has 2 unspecified atom stereocenters. The van der Waals surface area contributed by atoms with Crippen LogP contribution in [-0.4, -0.2) is 47.9 Å². The Hall–Kier alpha value is -4.53. The number of esters is 1. The van der Waals surface area contributed by atoms with Crippen LogP contribution in [0.3, 0.4) is 0 Å². The van der Waals surface area contributed by atoms with Crippen LogP contribution < -0.4 is 4.74 Å². The molecule has 2 saturated carbocycles. The van der Waals surface area contributed by atoms with E-state index in [-0.39, 0.29) is 34.7 Å². The van der Waals surface area contributed by atoms with Gasteiger partial charge in [0.05, 0.1) is 10.9 Å². The molecule has 0 heterocycles. The summed E-state index contributed by atoms with van der Waals surface area (Å²) in [6, 6.07) is 36.8. The number of ether oxygens (including phenoxy) is 2. The second-order valence-electron chi connectivity index (χ2n) is 16.1. The summed E-state index contributed by atoms with van der Waals surface area (Å²) >= 11 is 0. The van der Waals surface area contributed by atoms with Gasteiger partial charge in [-0.2, -0.15) is 39.5 Å². The van der Waals surface area contributed by atoms with E-state index in [9.17, 15) is 53.5 Å². The molecule has 0 aromatic heterocycles. The Kier molecular flexibility index (Phi) is 16.8. The van der Waals surface area contributed by atoms with Crippen LogP contribution in [0.4, 0.5) is 43.9 Å². The van der Waals surface area contributed by atoms with Gasteiger partial charge in [0.1, 0.15) is 23.0 Å². The minimum Gasteiger partial charge on any atom is -0.482 e. The van der Waals surface area contributed by atoms with Crippen molar-refractivity contribution in [2.45, 2.75) is 118 Å². The average molecular weight is 890 g/mol. The van der Waals surface area contributed by atoms with Gasteiger partial charge in [-0.1, -0.05) is 75.4 Å². The third-order valence-electron chi connectivity index (χ3n) is 10.6. The fraction of sp³-hybridized carbons (Fsp3) is 0.435. The van der Waals surface area contributed by atoms with E-state index in [4.69, 9.17) is 9.47 Å². The molecule has 0 amide bonds. The second kappa shape index (κ2) is 20.1. The predicted molar refractivity (Wildman–Crippen MR) is 215 cm³/mol. The molecule has 2 bridgehead atoms. The van der Waals surface area contributed by atoms with Crippen molar-refractivity contribution in [3.05, 3.63) is 121 Å². The molecule has 2 fully saturated rings. The Balaban J connectivity index is 0.000000249. The fourth-order valence-electron chi connectivity index (χ4n) is 7.17. The molecule has 4 aromatic rings. The first kappa shape index (κ1) is 50.8. The van der Waals surface area contributed by atoms with Crippen molar-refractivity contribution in [1.82, 2.24) is 0 Å². The largest absolute Gasteiger partial charge is 0.482 e. The van der Waals surface area contributed by atoms with Gasteiger partial charge in [0.2, 0.25) is 0 Å². The van der Waals surface area contributed by atoms with Crippen molar-refractivity contribution in [2.75, 3.05) is 6.61 Å². The number of carbonyl (C=O) groups is 2. The molecule has 334 valence electrons. The maximum absolute atomic E-state index is 12.0. The number of alkyl halides is 9. The van der Waals surface area contributed by atoms with Gasteiger partial charge in [0.15, 0.2) is 21.3 Å². The van der Waals surface area contributed by atoms with Gasteiger partial charge in [-0.15, -0.1) is 0 Å². The monoisotopic (exact) mass is 889 g/mol. The summed E-state index contributed by atoms with van der Waals surface area (Å²) in [6.45, 7) is 11.5. The highest BCUT2D eigenvalue weighted by Gasteiger charge is 2.80. The minimum atomic E-state index is -6.77. The number of halogens is 10. The van der Waals surface area contributed by atoms with Crippen molar-refractivity contribution in [1.29, 1.82) is 0 Å². The highest BCUT2D eigenvalue weighted by molar-refractivity contribution is 7.97. The molecule has 2 aliphatic carbocycles. The van der Waals surface area contributed by atoms with Crippen LogP contribution >= 0.6 is 0 Å². The molecule has 4 nitrogen and oxygen atoms in total. The van der Waals surface area contributed by atoms with Crippen LogP contribution in [0.25, 0.3) is 0 Å². The molecule has 4 aromatic carbocycles. The molecule has 0 radical (unpaired) electrons. The lowest BCUT2D eigenvalue weighted by atomic mass is 9.67. The molecule has 2 aliphatic rings. The lowest BCUT2D eigenvalue weighted by molar-refractivity contribution is -0.393. The molecule has 0 N–H and O–H groups in total. The van der Waals surface area contributed by atoms with Gasteiger partial charge in [0.25, 0.3) is 0 Å². The first-order valence-electron chi connectivity index (χ1n) is 19.3. The number of ketones is 1. The zero-order valence-corrected chi connectivity index (χ0v) is 35.7. The van der Waals surface area contributed by atoms with E-state index >= 15 is 0 Å². The molecular weight excluding hydrogens is 839 g/mol. The van der Waals surface area contributed by atoms with Crippen LogP contribution in [0, 0.1) is 22.6 Å². The number of fused-ring (bicyclic) bond motifs is 2. The smallest absolute Gasteiger partial charge is 0.460 e. The van der Waals surface area contributed by atoms with Crippen LogP contribution in [-0.2, 0) is 25.2 Å². The Morgan fingerprint density at radius 3 is 1.43 bits per heavy atom. The van der Waals surface area contributed by atoms with Gasteiger partial charge in [0, 0.05) is 18.8 Å². The molecule has 0 saturated heterocycles. The summed E-state index contributed by atoms with van der Waals surface area (Å²) in [4.78, 5) is 27.4. The Bertz CT molecular complexity index is 1920.